The van der Waals surface area contributed by atoms with E-state index in [1.165, 1.54) is 0 Å². The van der Waals surface area contributed by atoms with Gasteiger partial charge in [-0.1, -0.05) is 54.1 Å². The Morgan fingerprint density at radius 2 is 1.71 bits per heavy atom. The molecule has 0 spiro atoms. The second-order valence-corrected chi connectivity index (χ2v) is 5.02. The van der Waals surface area contributed by atoms with E-state index in [2.05, 4.69) is 10.2 Å². The van der Waals surface area contributed by atoms with Crippen molar-refractivity contribution in [3.8, 4) is 28.3 Å². The van der Waals surface area contributed by atoms with E-state index in [-0.39, 0.29) is 0 Å². The molecule has 106 valence electrons. The van der Waals surface area contributed by atoms with Crippen LogP contribution in [0.15, 0.2) is 54.6 Å². The first-order valence-electron chi connectivity index (χ1n) is 6.82. The maximum Gasteiger partial charge on any atom is 0.241 e. The Morgan fingerprint density at radius 1 is 1.00 bits per heavy atom. The molecule has 0 aliphatic heterocycles. The molecular formula is C17H15ClN2O. The van der Waals surface area contributed by atoms with Gasteiger partial charge in [0.15, 0.2) is 0 Å². The molecular weight excluding hydrogens is 284 g/mol. The van der Waals surface area contributed by atoms with E-state index in [1.54, 1.807) is 0 Å². The zero-order valence-corrected chi connectivity index (χ0v) is 12.4. The smallest absolute Gasteiger partial charge is 0.241 e. The maximum absolute atomic E-state index is 5.98. The number of ether oxygens (including phenoxy) is 1. The Bertz CT molecular complexity index is 720. The zero-order chi connectivity index (χ0) is 14.7. The molecule has 0 aliphatic carbocycles. The second kappa shape index (κ2) is 6.02. The third kappa shape index (κ3) is 2.78. The number of nitrogens with one attached hydrogen (secondary N) is 1. The molecule has 0 fully saturated rings. The Labute approximate surface area is 128 Å². The van der Waals surface area contributed by atoms with Crippen LogP contribution in [0.1, 0.15) is 6.92 Å². The van der Waals surface area contributed by atoms with Crippen LogP contribution >= 0.6 is 11.6 Å². The monoisotopic (exact) mass is 298 g/mol. The number of H-pyrrole nitrogens is 1. The average Bonchev–Trinajstić information content (AvgIpc) is 2.93. The highest BCUT2D eigenvalue weighted by atomic mass is 35.5. The third-order valence-corrected chi connectivity index (χ3v) is 3.46. The van der Waals surface area contributed by atoms with E-state index in [1.807, 2.05) is 61.5 Å². The second-order valence-electron chi connectivity index (χ2n) is 4.58. The fourth-order valence-electron chi connectivity index (χ4n) is 2.26. The van der Waals surface area contributed by atoms with Crippen LogP contribution in [-0.4, -0.2) is 16.8 Å². The minimum absolute atomic E-state index is 0.569. The first-order chi connectivity index (χ1) is 10.3. The van der Waals surface area contributed by atoms with Crippen molar-refractivity contribution in [3.05, 3.63) is 59.6 Å². The van der Waals surface area contributed by atoms with Gasteiger partial charge in [0, 0.05) is 10.6 Å². The Kier molecular flexibility index (Phi) is 3.93. The number of halogens is 1. The van der Waals surface area contributed by atoms with Crippen LogP contribution < -0.4 is 4.74 Å². The van der Waals surface area contributed by atoms with Crippen LogP contribution in [0.5, 0.6) is 5.88 Å². The minimum atomic E-state index is 0.569. The quantitative estimate of drug-likeness (QED) is 0.751. The van der Waals surface area contributed by atoms with E-state index in [0.717, 1.165) is 22.4 Å². The molecule has 0 amide bonds. The van der Waals surface area contributed by atoms with Gasteiger partial charge in [0.1, 0.15) is 0 Å². The van der Waals surface area contributed by atoms with Crippen molar-refractivity contribution in [1.82, 2.24) is 10.2 Å². The fourth-order valence-corrected chi connectivity index (χ4v) is 2.39. The van der Waals surface area contributed by atoms with Gasteiger partial charge in [0.2, 0.25) is 5.88 Å². The number of rotatable bonds is 4. The van der Waals surface area contributed by atoms with Crippen molar-refractivity contribution < 1.29 is 4.74 Å². The maximum atomic E-state index is 5.98. The Balaban J connectivity index is 2.16. The highest BCUT2D eigenvalue weighted by Gasteiger charge is 2.17. The SMILES string of the molecule is CCOc1n[nH]c(-c2ccccc2)c1-c1ccc(Cl)cc1. The number of hydrogen-bond donors (Lipinski definition) is 1. The molecule has 0 saturated heterocycles. The summed E-state index contributed by atoms with van der Waals surface area (Å²) < 4.78 is 5.65. The van der Waals surface area contributed by atoms with Gasteiger partial charge in [-0.05, 0) is 24.6 Å². The molecule has 0 unspecified atom stereocenters. The Morgan fingerprint density at radius 3 is 2.38 bits per heavy atom. The summed E-state index contributed by atoms with van der Waals surface area (Å²) in [5.41, 5.74) is 4.00. The summed E-state index contributed by atoms with van der Waals surface area (Å²) in [6.07, 6.45) is 0. The molecule has 0 saturated carbocycles. The molecule has 1 heterocycles. The normalized spacial score (nSPS) is 10.6. The van der Waals surface area contributed by atoms with Crippen LogP contribution in [0.2, 0.25) is 5.02 Å². The van der Waals surface area contributed by atoms with E-state index in [0.29, 0.717) is 17.5 Å². The number of aromatic nitrogens is 2. The number of hydrogen-bond acceptors (Lipinski definition) is 2. The molecule has 3 rings (SSSR count). The first kappa shape index (κ1) is 13.7. The van der Waals surface area contributed by atoms with Gasteiger partial charge in [-0.3, -0.25) is 5.10 Å². The zero-order valence-electron chi connectivity index (χ0n) is 11.6. The van der Waals surface area contributed by atoms with E-state index in [4.69, 9.17) is 16.3 Å². The lowest BCUT2D eigenvalue weighted by Gasteiger charge is -2.07. The molecule has 4 heteroatoms. The summed E-state index contributed by atoms with van der Waals surface area (Å²) in [5, 5.41) is 8.09. The lowest BCUT2D eigenvalue weighted by molar-refractivity contribution is 0.327. The molecule has 21 heavy (non-hydrogen) atoms. The fraction of sp³-hybridized carbons (Fsp3) is 0.118. The van der Waals surface area contributed by atoms with Crippen molar-refractivity contribution in [3.63, 3.8) is 0 Å². The predicted molar refractivity (Wildman–Crippen MR) is 85.6 cm³/mol. The molecule has 3 nitrogen and oxygen atoms in total. The van der Waals surface area contributed by atoms with Crippen molar-refractivity contribution in [2.24, 2.45) is 0 Å². The van der Waals surface area contributed by atoms with Gasteiger partial charge < -0.3 is 4.74 Å². The van der Waals surface area contributed by atoms with Gasteiger partial charge in [-0.15, -0.1) is 5.10 Å². The van der Waals surface area contributed by atoms with Gasteiger partial charge >= 0.3 is 0 Å². The lowest BCUT2D eigenvalue weighted by Crippen LogP contribution is -1.93. The van der Waals surface area contributed by atoms with Crippen LogP contribution in [0.4, 0.5) is 0 Å². The molecule has 0 aliphatic rings. The average molecular weight is 299 g/mol. The van der Waals surface area contributed by atoms with Crippen LogP contribution in [0.25, 0.3) is 22.4 Å². The molecule has 1 N–H and O–H groups in total. The van der Waals surface area contributed by atoms with Gasteiger partial charge in [0.25, 0.3) is 0 Å². The summed E-state index contributed by atoms with van der Waals surface area (Å²) in [7, 11) is 0. The largest absolute Gasteiger partial charge is 0.476 e. The van der Waals surface area contributed by atoms with Gasteiger partial charge in [-0.25, -0.2) is 0 Å². The number of benzene rings is 2. The van der Waals surface area contributed by atoms with Crippen LogP contribution in [0, 0.1) is 0 Å². The first-order valence-corrected chi connectivity index (χ1v) is 7.20. The lowest BCUT2D eigenvalue weighted by atomic mass is 10.0. The number of aromatic amines is 1. The van der Waals surface area contributed by atoms with Crippen LogP contribution in [-0.2, 0) is 0 Å². The Hall–Kier alpha value is -2.26. The molecule has 3 aromatic rings. The number of nitrogens with zero attached hydrogens (tertiary/aromatic N) is 1. The summed E-state index contributed by atoms with van der Waals surface area (Å²) >= 11 is 5.98. The van der Waals surface area contributed by atoms with Crippen molar-refractivity contribution in [2.75, 3.05) is 6.61 Å². The summed E-state index contributed by atoms with van der Waals surface area (Å²) in [6, 6.07) is 17.8. The molecule has 2 aromatic carbocycles. The molecule has 0 atom stereocenters. The van der Waals surface area contributed by atoms with E-state index >= 15 is 0 Å². The predicted octanol–water partition coefficient (Wildman–Crippen LogP) is 4.80. The highest BCUT2D eigenvalue weighted by molar-refractivity contribution is 6.30. The van der Waals surface area contributed by atoms with Crippen LogP contribution in [0.3, 0.4) is 0 Å². The van der Waals surface area contributed by atoms with Gasteiger partial charge in [-0.2, -0.15) is 0 Å². The summed E-state index contributed by atoms with van der Waals surface area (Å²) in [4.78, 5) is 0. The van der Waals surface area contributed by atoms with Crippen molar-refractivity contribution in [2.45, 2.75) is 6.92 Å². The molecule has 0 radical (unpaired) electrons. The standard InChI is InChI=1S/C17H15ClN2O/c1-2-21-17-15(12-8-10-14(18)11-9-12)16(19-20-17)13-6-4-3-5-7-13/h3-11H,2H2,1H3,(H,19,20). The van der Waals surface area contributed by atoms with E-state index in [9.17, 15) is 0 Å². The minimum Gasteiger partial charge on any atom is -0.476 e. The third-order valence-electron chi connectivity index (χ3n) is 3.21. The van der Waals surface area contributed by atoms with Crippen molar-refractivity contribution in [1.29, 1.82) is 0 Å². The topological polar surface area (TPSA) is 37.9 Å². The van der Waals surface area contributed by atoms with E-state index < -0.39 is 0 Å². The molecule has 0 bridgehead atoms. The highest BCUT2D eigenvalue weighted by Crippen LogP contribution is 2.37. The summed E-state index contributed by atoms with van der Waals surface area (Å²) in [6.45, 7) is 2.52. The molecule has 1 aromatic heterocycles. The van der Waals surface area contributed by atoms with Gasteiger partial charge in [0.05, 0.1) is 17.9 Å². The summed E-state index contributed by atoms with van der Waals surface area (Å²) in [5.74, 6) is 0.610. The van der Waals surface area contributed by atoms with Crippen molar-refractivity contribution >= 4 is 11.6 Å².